The number of aliphatic hydroxyl groups excluding tert-OH is 1. The van der Waals surface area contributed by atoms with Crippen molar-refractivity contribution in [2.45, 2.75) is 45.1 Å². The van der Waals surface area contributed by atoms with Gasteiger partial charge in [-0.15, -0.1) is 0 Å². The quantitative estimate of drug-likeness (QED) is 0.457. The van der Waals surface area contributed by atoms with Crippen LogP contribution in [-0.4, -0.2) is 11.2 Å². The highest BCUT2D eigenvalue weighted by molar-refractivity contribution is 4.97. The van der Waals surface area contributed by atoms with E-state index in [1.807, 2.05) is 12.2 Å². The summed E-state index contributed by atoms with van der Waals surface area (Å²) in [5, 5.41) is 9.42. The smallest absolute Gasteiger partial charge is 0.0574 e. The first kappa shape index (κ1) is 11.4. The monoisotopic (exact) mass is 168 g/mol. The van der Waals surface area contributed by atoms with E-state index in [0.29, 0.717) is 0 Å². The maximum absolute atomic E-state index is 9.42. The van der Waals surface area contributed by atoms with Crippen molar-refractivity contribution in [3.63, 3.8) is 0 Å². The average molecular weight is 168 g/mol. The summed E-state index contributed by atoms with van der Waals surface area (Å²) in [7, 11) is 0. The molecule has 12 heavy (non-hydrogen) atoms. The summed E-state index contributed by atoms with van der Waals surface area (Å²) in [6.45, 7) is 5.74. The van der Waals surface area contributed by atoms with E-state index in [0.717, 1.165) is 19.3 Å². The summed E-state index contributed by atoms with van der Waals surface area (Å²) < 4.78 is 0. The van der Waals surface area contributed by atoms with Crippen LogP contribution in [0.2, 0.25) is 0 Å². The zero-order chi connectivity index (χ0) is 9.23. The van der Waals surface area contributed by atoms with E-state index in [9.17, 15) is 5.11 Å². The number of unbranched alkanes of at least 4 members (excludes halogenated alkanes) is 2. The SMILES string of the molecule is C=C/C=C/CC(O)CCCCC. The summed E-state index contributed by atoms with van der Waals surface area (Å²) >= 11 is 0. The highest BCUT2D eigenvalue weighted by Crippen LogP contribution is 2.06. The van der Waals surface area contributed by atoms with Crippen molar-refractivity contribution < 1.29 is 5.11 Å². The highest BCUT2D eigenvalue weighted by atomic mass is 16.3. The van der Waals surface area contributed by atoms with Gasteiger partial charge >= 0.3 is 0 Å². The van der Waals surface area contributed by atoms with E-state index in [-0.39, 0.29) is 6.10 Å². The molecule has 1 heteroatoms. The van der Waals surface area contributed by atoms with Crippen molar-refractivity contribution in [3.8, 4) is 0 Å². The second kappa shape index (κ2) is 8.54. The van der Waals surface area contributed by atoms with E-state index >= 15 is 0 Å². The lowest BCUT2D eigenvalue weighted by atomic mass is 10.1. The molecule has 0 radical (unpaired) electrons. The van der Waals surface area contributed by atoms with Crippen LogP contribution in [0, 0.1) is 0 Å². The summed E-state index contributed by atoms with van der Waals surface area (Å²) in [5.41, 5.74) is 0. The molecule has 0 aliphatic rings. The minimum absolute atomic E-state index is 0.159. The topological polar surface area (TPSA) is 20.2 Å². The van der Waals surface area contributed by atoms with Crippen LogP contribution in [0.4, 0.5) is 0 Å². The van der Waals surface area contributed by atoms with Gasteiger partial charge in [-0.25, -0.2) is 0 Å². The lowest BCUT2D eigenvalue weighted by molar-refractivity contribution is 0.164. The van der Waals surface area contributed by atoms with Crippen molar-refractivity contribution in [2.75, 3.05) is 0 Å². The first-order valence-electron chi connectivity index (χ1n) is 4.76. The Morgan fingerprint density at radius 2 is 2.17 bits per heavy atom. The largest absolute Gasteiger partial charge is 0.393 e. The Hall–Kier alpha value is -0.560. The molecule has 0 heterocycles. The molecule has 1 N–H and O–H groups in total. The third kappa shape index (κ3) is 7.55. The molecule has 1 nitrogen and oxygen atoms in total. The fraction of sp³-hybridized carbons (Fsp3) is 0.636. The van der Waals surface area contributed by atoms with Crippen LogP contribution in [0.5, 0.6) is 0 Å². The van der Waals surface area contributed by atoms with Crippen molar-refractivity contribution in [2.24, 2.45) is 0 Å². The van der Waals surface area contributed by atoms with Gasteiger partial charge < -0.3 is 5.11 Å². The zero-order valence-corrected chi connectivity index (χ0v) is 8.00. The lowest BCUT2D eigenvalue weighted by Crippen LogP contribution is -2.03. The van der Waals surface area contributed by atoms with Crippen LogP contribution >= 0.6 is 0 Å². The van der Waals surface area contributed by atoms with E-state index in [1.54, 1.807) is 6.08 Å². The zero-order valence-electron chi connectivity index (χ0n) is 8.00. The molecule has 0 aromatic rings. The molecule has 0 aromatic heterocycles. The van der Waals surface area contributed by atoms with E-state index in [4.69, 9.17) is 0 Å². The number of aliphatic hydroxyl groups is 1. The van der Waals surface area contributed by atoms with Gasteiger partial charge in [-0.1, -0.05) is 51.0 Å². The predicted molar refractivity (Wildman–Crippen MR) is 54.1 cm³/mol. The Labute approximate surface area is 75.8 Å². The molecule has 0 rings (SSSR count). The van der Waals surface area contributed by atoms with E-state index < -0.39 is 0 Å². The molecule has 0 spiro atoms. The maximum atomic E-state index is 9.42. The van der Waals surface area contributed by atoms with Crippen LogP contribution in [0.25, 0.3) is 0 Å². The molecule has 0 aliphatic carbocycles. The van der Waals surface area contributed by atoms with Crippen LogP contribution < -0.4 is 0 Å². The Morgan fingerprint density at radius 1 is 1.42 bits per heavy atom. The molecule has 0 aliphatic heterocycles. The Balaban J connectivity index is 3.26. The maximum Gasteiger partial charge on any atom is 0.0574 e. The van der Waals surface area contributed by atoms with Crippen LogP contribution in [0.1, 0.15) is 39.0 Å². The van der Waals surface area contributed by atoms with Crippen molar-refractivity contribution >= 4 is 0 Å². The first-order valence-corrected chi connectivity index (χ1v) is 4.76. The lowest BCUT2D eigenvalue weighted by Gasteiger charge is -2.05. The molecule has 0 amide bonds. The fourth-order valence-electron chi connectivity index (χ4n) is 1.08. The molecule has 0 fully saturated rings. The number of allylic oxidation sites excluding steroid dienone is 2. The van der Waals surface area contributed by atoms with E-state index in [2.05, 4.69) is 13.5 Å². The minimum atomic E-state index is -0.159. The number of hydrogen-bond acceptors (Lipinski definition) is 1. The van der Waals surface area contributed by atoms with Gasteiger partial charge in [0.05, 0.1) is 6.10 Å². The standard InChI is InChI=1S/C11H20O/c1-3-5-7-9-11(12)10-8-6-4-2/h3,5,7,11-12H,1,4,6,8-10H2,2H3/b7-5+. The summed E-state index contributed by atoms with van der Waals surface area (Å²) in [4.78, 5) is 0. The molecular formula is C11H20O. The van der Waals surface area contributed by atoms with Crippen molar-refractivity contribution in [3.05, 3.63) is 24.8 Å². The third-order valence-electron chi connectivity index (χ3n) is 1.82. The fourth-order valence-corrected chi connectivity index (χ4v) is 1.08. The molecule has 0 saturated carbocycles. The molecule has 0 aromatic carbocycles. The third-order valence-corrected chi connectivity index (χ3v) is 1.82. The second-order valence-corrected chi connectivity index (χ2v) is 3.05. The van der Waals surface area contributed by atoms with Crippen molar-refractivity contribution in [1.82, 2.24) is 0 Å². The second-order valence-electron chi connectivity index (χ2n) is 3.05. The van der Waals surface area contributed by atoms with Gasteiger partial charge in [0.25, 0.3) is 0 Å². The minimum Gasteiger partial charge on any atom is -0.393 e. The average Bonchev–Trinajstić information content (AvgIpc) is 2.06. The Morgan fingerprint density at radius 3 is 2.75 bits per heavy atom. The Kier molecular flexibility index (Phi) is 8.14. The normalized spacial score (nSPS) is 13.5. The predicted octanol–water partition coefficient (Wildman–Crippen LogP) is 3.06. The highest BCUT2D eigenvalue weighted by Gasteiger charge is 1.99. The van der Waals surface area contributed by atoms with Gasteiger partial charge in [0.2, 0.25) is 0 Å². The molecule has 0 bridgehead atoms. The molecule has 0 saturated heterocycles. The summed E-state index contributed by atoms with van der Waals surface area (Å²) in [6, 6.07) is 0. The van der Waals surface area contributed by atoms with Crippen LogP contribution in [0.15, 0.2) is 24.8 Å². The number of hydrogen-bond donors (Lipinski definition) is 1. The molecular weight excluding hydrogens is 148 g/mol. The summed E-state index contributed by atoms with van der Waals surface area (Å²) in [6.07, 6.45) is 10.7. The van der Waals surface area contributed by atoms with Gasteiger partial charge in [0, 0.05) is 0 Å². The van der Waals surface area contributed by atoms with Gasteiger partial charge in [-0.3, -0.25) is 0 Å². The van der Waals surface area contributed by atoms with Gasteiger partial charge in [0.15, 0.2) is 0 Å². The molecule has 1 atom stereocenters. The van der Waals surface area contributed by atoms with Crippen LogP contribution in [-0.2, 0) is 0 Å². The molecule has 1 unspecified atom stereocenters. The number of rotatable bonds is 7. The van der Waals surface area contributed by atoms with Crippen molar-refractivity contribution in [1.29, 1.82) is 0 Å². The molecule has 70 valence electrons. The summed E-state index contributed by atoms with van der Waals surface area (Å²) in [5.74, 6) is 0. The van der Waals surface area contributed by atoms with Gasteiger partial charge in [-0.2, -0.15) is 0 Å². The Bertz CT molecular complexity index is 127. The first-order chi connectivity index (χ1) is 5.81. The van der Waals surface area contributed by atoms with Crippen LogP contribution in [0.3, 0.4) is 0 Å². The van der Waals surface area contributed by atoms with E-state index in [1.165, 1.54) is 12.8 Å². The van der Waals surface area contributed by atoms with Gasteiger partial charge in [-0.05, 0) is 12.8 Å². The van der Waals surface area contributed by atoms with Gasteiger partial charge in [0.1, 0.15) is 0 Å².